The molecule has 0 spiro atoms. The topological polar surface area (TPSA) is 218 Å². The minimum absolute atomic E-state index is 0.00157. The van der Waals surface area contributed by atoms with Crippen LogP contribution in [0.5, 0.6) is 0 Å². The molecule has 0 amide bonds. The van der Waals surface area contributed by atoms with Crippen molar-refractivity contribution < 1.29 is 0 Å². The first kappa shape index (κ1) is 43.6. The molecule has 70 heavy (non-hydrogen) atoms. The van der Waals surface area contributed by atoms with Crippen LogP contribution in [0.25, 0.3) is 71.8 Å². The third-order valence-corrected chi connectivity index (χ3v) is 12.1. The number of fused-ring (bicyclic) bond motifs is 2. The Hall–Kier alpha value is -11.6. The molecule has 9 rings (SSSR count). The van der Waals surface area contributed by atoms with Crippen LogP contribution in [0.3, 0.4) is 0 Å². The molecule has 2 aliphatic rings. The van der Waals surface area contributed by atoms with Gasteiger partial charge in [0.1, 0.15) is 18.2 Å². The molecule has 0 bridgehead atoms. The Balaban J connectivity index is 1.66. The van der Waals surface area contributed by atoms with Gasteiger partial charge < -0.3 is 0 Å². The lowest BCUT2D eigenvalue weighted by atomic mass is 9.77. The highest BCUT2D eigenvalue weighted by Gasteiger charge is 2.44. The minimum atomic E-state index is -0.0193. The average molecular weight is 885 g/mol. The summed E-state index contributed by atoms with van der Waals surface area (Å²) in [6.45, 7) is 8.95. The van der Waals surface area contributed by atoms with Crippen LogP contribution in [0.2, 0.25) is 0 Å². The summed E-state index contributed by atoms with van der Waals surface area (Å²) < 4.78 is 0. The van der Waals surface area contributed by atoms with Crippen LogP contribution in [-0.2, 0) is 0 Å². The number of hydrogen-bond acceptors (Lipinski definition) is 9. The van der Waals surface area contributed by atoms with Gasteiger partial charge in [0.2, 0.25) is 5.70 Å². The summed E-state index contributed by atoms with van der Waals surface area (Å²) in [5.41, 5.74) is 6.84. The van der Waals surface area contributed by atoms with E-state index >= 15 is 0 Å². The second-order valence-electron chi connectivity index (χ2n) is 15.8. The highest BCUT2D eigenvalue weighted by Crippen LogP contribution is 2.63. The van der Waals surface area contributed by atoms with E-state index in [-0.39, 0.29) is 66.9 Å². The van der Waals surface area contributed by atoms with Crippen LogP contribution in [0, 0.1) is 109 Å². The van der Waals surface area contributed by atoms with Crippen LogP contribution in [0.4, 0.5) is 0 Å². The second kappa shape index (κ2) is 18.1. The zero-order valence-electron chi connectivity index (χ0n) is 36.3. The van der Waals surface area contributed by atoms with Gasteiger partial charge in [-0.3, -0.25) is 0 Å². The lowest BCUT2D eigenvalue weighted by Gasteiger charge is -2.24. The fraction of sp³-hybridized carbons (Fsp3) is 0. The number of allylic oxidation sites excluding steroid dienone is 7. The standard InChI is InChI=1S/C60H24N10/c1-70-60(46-24-39(30-65)21-40(25-46)31-66)59-51(42-10-6-3-7-11-42)49(34-69)56-52(43-16-12-35(26-61)13-17-43)57-54(47(32-67)45-22-37(28-63)20-38(23-45)29-64)50(41-8-4-2-5-9-41)48(33-68)55(57)53(58(56)59)44-18-14-36(27-62)15-19-44/h2-25H/b54-47+,60-59-. The Morgan fingerprint density at radius 1 is 0.343 bits per heavy atom. The fourth-order valence-electron chi connectivity index (χ4n) is 9.32. The molecule has 2 aliphatic carbocycles. The molecule has 0 fully saturated rings. The van der Waals surface area contributed by atoms with E-state index in [2.05, 4.69) is 59.5 Å². The minimum Gasteiger partial charge on any atom is -0.237 e. The number of benzene rings is 7. The Bertz CT molecular complexity index is 3730. The third-order valence-electron chi connectivity index (χ3n) is 12.1. The van der Waals surface area contributed by atoms with Gasteiger partial charge in [-0.25, -0.2) is 4.85 Å². The lowest BCUT2D eigenvalue weighted by Crippen LogP contribution is -2.05. The Kier molecular flexibility index (Phi) is 11.3. The number of nitriles is 9. The molecule has 7 aromatic carbocycles. The zero-order valence-corrected chi connectivity index (χ0v) is 36.3. The molecular weight excluding hydrogens is 861 g/mol. The van der Waals surface area contributed by atoms with Crippen LogP contribution in [-0.4, -0.2) is 0 Å². The summed E-state index contributed by atoms with van der Waals surface area (Å²) in [7, 11) is 0. The molecule has 0 N–H and O–H groups in total. The van der Waals surface area contributed by atoms with Crippen molar-refractivity contribution in [2.75, 3.05) is 0 Å². The molecule has 10 heteroatoms. The molecule has 0 heterocycles. The van der Waals surface area contributed by atoms with E-state index in [1.165, 1.54) is 36.4 Å². The van der Waals surface area contributed by atoms with Crippen LogP contribution >= 0.6 is 0 Å². The Morgan fingerprint density at radius 2 is 0.714 bits per heavy atom. The summed E-state index contributed by atoms with van der Waals surface area (Å²) in [5.74, 6) is 0. The van der Waals surface area contributed by atoms with Crippen LogP contribution in [0.15, 0.2) is 146 Å². The molecule has 0 aromatic heterocycles. The molecule has 0 atom stereocenters. The van der Waals surface area contributed by atoms with Gasteiger partial charge in [-0.2, -0.15) is 47.4 Å². The molecule has 0 unspecified atom stereocenters. The van der Waals surface area contributed by atoms with Gasteiger partial charge in [0.05, 0.1) is 93.1 Å². The van der Waals surface area contributed by atoms with Gasteiger partial charge >= 0.3 is 0 Å². The molecule has 0 aliphatic heterocycles. The summed E-state index contributed by atoms with van der Waals surface area (Å²) in [4.78, 5) is 4.15. The lowest BCUT2D eigenvalue weighted by molar-refractivity contribution is 1.43. The van der Waals surface area contributed by atoms with Gasteiger partial charge in [-0.1, -0.05) is 84.9 Å². The second-order valence-corrected chi connectivity index (χ2v) is 15.8. The molecule has 7 aromatic rings. The summed E-state index contributed by atoms with van der Waals surface area (Å²) in [6, 6.07) is 60.1. The average Bonchev–Trinajstić information content (AvgIpc) is 3.94. The Labute approximate surface area is 402 Å². The smallest absolute Gasteiger partial charge is 0.202 e. The van der Waals surface area contributed by atoms with Gasteiger partial charge in [0.25, 0.3) is 0 Å². The van der Waals surface area contributed by atoms with Gasteiger partial charge in [0, 0.05) is 27.8 Å². The zero-order chi connectivity index (χ0) is 49.1. The van der Waals surface area contributed by atoms with Crippen molar-refractivity contribution in [3.8, 4) is 76.9 Å². The van der Waals surface area contributed by atoms with E-state index in [4.69, 9.17) is 6.57 Å². The summed E-state index contributed by atoms with van der Waals surface area (Å²) in [5, 5.41) is 95.8. The molecule has 0 saturated heterocycles. The molecular formula is C60H24N10. The van der Waals surface area contributed by atoms with E-state index < -0.39 is 0 Å². The van der Waals surface area contributed by atoms with Crippen molar-refractivity contribution in [3.63, 3.8) is 0 Å². The predicted molar refractivity (Wildman–Crippen MR) is 262 cm³/mol. The largest absolute Gasteiger partial charge is 0.237 e. The monoisotopic (exact) mass is 884 g/mol. The first-order chi connectivity index (χ1) is 34.3. The van der Waals surface area contributed by atoms with E-state index in [0.717, 1.165) is 0 Å². The SMILES string of the molecule is [C-]#[N+]/C(=C1/C(c2ccccc2)=C(C#N)c2c1c(-c1ccc(C#N)cc1)c1c(c2-c2ccc(C#N)cc2)/C(=C(\C#N)c2cc(C#N)cc(C#N)c2)C(c2ccccc2)=C1C#N)c1cc(C#N)cc(C#N)c1. The number of nitrogens with zero attached hydrogens (tertiary/aromatic N) is 10. The van der Waals surface area contributed by atoms with Crippen molar-refractivity contribution in [1.82, 2.24) is 0 Å². The fourth-order valence-corrected chi connectivity index (χ4v) is 9.32. The summed E-state index contributed by atoms with van der Waals surface area (Å²) >= 11 is 0. The predicted octanol–water partition coefficient (Wildman–Crippen LogP) is 12.4. The molecule has 0 radical (unpaired) electrons. The van der Waals surface area contributed by atoms with Crippen molar-refractivity contribution in [1.29, 1.82) is 47.4 Å². The number of hydrogen-bond donors (Lipinski definition) is 0. The molecule has 10 nitrogen and oxygen atoms in total. The van der Waals surface area contributed by atoms with E-state index in [9.17, 15) is 47.4 Å². The van der Waals surface area contributed by atoms with E-state index in [1.54, 1.807) is 109 Å². The highest BCUT2D eigenvalue weighted by atomic mass is 14.7. The third kappa shape index (κ3) is 7.08. The van der Waals surface area contributed by atoms with Gasteiger partial charge in [-0.05, 0) is 122 Å². The first-order valence-corrected chi connectivity index (χ1v) is 21.1. The van der Waals surface area contributed by atoms with Crippen molar-refractivity contribution >= 4 is 44.7 Å². The van der Waals surface area contributed by atoms with E-state index in [1.807, 2.05) is 0 Å². The normalized spacial score (nSPS) is 13.2. The summed E-state index contributed by atoms with van der Waals surface area (Å²) in [6.07, 6.45) is 0. The van der Waals surface area contributed by atoms with Gasteiger partial charge in [0.15, 0.2) is 0 Å². The highest BCUT2D eigenvalue weighted by molar-refractivity contribution is 6.38. The quantitative estimate of drug-likeness (QED) is 0.114. The first-order valence-electron chi connectivity index (χ1n) is 21.1. The van der Waals surface area contributed by atoms with Crippen molar-refractivity contribution in [3.05, 3.63) is 235 Å². The van der Waals surface area contributed by atoms with Crippen LogP contribution < -0.4 is 0 Å². The van der Waals surface area contributed by atoms with E-state index in [0.29, 0.717) is 77.9 Å². The maximum absolute atomic E-state index is 11.8. The maximum atomic E-state index is 11.8. The van der Waals surface area contributed by atoms with Crippen LogP contribution in [0.1, 0.15) is 77.9 Å². The van der Waals surface area contributed by atoms with Crippen molar-refractivity contribution in [2.45, 2.75) is 0 Å². The van der Waals surface area contributed by atoms with Crippen molar-refractivity contribution in [2.24, 2.45) is 0 Å². The molecule has 314 valence electrons. The molecule has 0 saturated carbocycles. The Morgan fingerprint density at radius 3 is 1.07 bits per heavy atom. The van der Waals surface area contributed by atoms with Gasteiger partial charge in [-0.15, -0.1) is 0 Å². The maximum Gasteiger partial charge on any atom is 0.202 e. The number of rotatable bonds is 6.